The van der Waals surface area contributed by atoms with Gasteiger partial charge < -0.3 is 20.5 Å². The minimum absolute atomic E-state index is 0.134. The third-order valence-corrected chi connectivity index (χ3v) is 6.26. The van der Waals surface area contributed by atoms with Gasteiger partial charge >= 0.3 is 6.09 Å². The van der Waals surface area contributed by atoms with E-state index in [1.807, 2.05) is 36.4 Å². The number of nitrogens with two attached hydrogens (primary N) is 1. The van der Waals surface area contributed by atoms with Crippen LogP contribution in [0.3, 0.4) is 0 Å². The Balaban J connectivity index is 1.59. The topological polar surface area (TPSA) is 120 Å². The van der Waals surface area contributed by atoms with E-state index in [-0.39, 0.29) is 17.8 Å². The number of anilines is 2. The lowest BCUT2D eigenvalue weighted by Crippen LogP contribution is -2.23. The Morgan fingerprint density at radius 3 is 2.73 bits per heavy atom. The molecule has 1 atom stereocenters. The molecule has 2 amide bonds. The van der Waals surface area contributed by atoms with Crippen molar-refractivity contribution in [1.82, 2.24) is 10.2 Å². The first-order chi connectivity index (χ1) is 16.0. The molecule has 3 N–H and O–H groups in total. The number of carbonyl (C=O) groups is 2. The number of carbonyl (C=O) groups excluding carboxylic acids is 2. The van der Waals surface area contributed by atoms with Crippen molar-refractivity contribution in [3.05, 3.63) is 42.1 Å². The van der Waals surface area contributed by atoms with Crippen LogP contribution >= 0.6 is 0 Å². The first kappa shape index (κ1) is 21.0. The number of nitrogens with one attached hydrogen (secondary N) is 1. The summed E-state index contributed by atoms with van der Waals surface area (Å²) in [5, 5.41) is 12.6. The number of primary amides is 1. The quantitative estimate of drug-likeness (QED) is 0.568. The zero-order chi connectivity index (χ0) is 23.1. The maximum absolute atomic E-state index is 12.0. The monoisotopic (exact) mass is 447 g/mol. The van der Waals surface area contributed by atoms with Crippen LogP contribution in [0.4, 0.5) is 16.2 Å². The zero-order valence-electron chi connectivity index (χ0n) is 18.5. The van der Waals surface area contributed by atoms with Gasteiger partial charge in [-0.3, -0.25) is 9.69 Å². The Kier molecular flexibility index (Phi) is 5.24. The van der Waals surface area contributed by atoms with Gasteiger partial charge in [0, 0.05) is 22.7 Å². The summed E-state index contributed by atoms with van der Waals surface area (Å²) in [5.74, 6) is 0.622. The van der Waals surface area contributed by atoms with Gasteiger partial charge in [-0.25, -0.2) is 4.79 Å². The Morgan fingerprint density at radius 1 is 1.24 bits per heavy atom. The molecule has 2 heterocycles. The first-order valence-electron chi connectivity index (χ1n) is 11.0. The molecule has 1 aliphatic carbocycles. The average molecular weight is 447 g/mol. The molecule has 9 heteroatoms. The van der Waals surface area contributed by atoms with E-state index in [1.165, 1.54) is 12.8 Å². The minimum Gasteiger partial charge on any atom is -0.496 e. The van der Waals surface area contributed by atoms with E-state index < -0.39 is 5.91 Å². The standard InChI is InChI=1S/C24H25N5O4/c1-13(14-3-4-14)26-21-17-7-5-15(11-19(17)27-28-22(21)23(25)30)18-12-16(6-8-20(18)32-2)29-9-10-33-24(29)31/h5-8,11-14H,3-4,9-10H2,1-2H3,(H2,25,30)(H,26,27). The summed E-state index contributed by atoms with van der Waals surface area (Å²) >= 11 is 0. The van der Waals surface area contributed by atoms with Crippen molar-refractivity contribution in [2.45, 2.75) is 25.8 Å². The van der Waals surface area contributed by atoms with Crippen molar-refractivity contribution >= 4 is 34.3 Å². The Hall–Kier alpha value is -3.88. The van der Waals surface area contributed by atoms with Crippen LogP contribution in [-0.2, 0) is 4.74 Å². The maximum Gasteiger partial charge on any atom is 0.414 e. The van der Waals surface area contributed by atoms with Gasteiger partial charge in [-0.05, 0) is 61.6 Å². The van der Waals surface area contributed by atoms with Gasteiger partial charge in [-0.2, -0.15) is 0 Å². The van der Waals surface area contributed by atoms with Gasteiger partial charge in [0.2, 0.25) is 0 Å². The van der Waals surface area contributed by atoms with E-state index in [0.717, 1.165) is 22.2 Å². The molecule has 5 rings (SSSR count). The fraction of sp³-hybridized carbons (Fsp3) is 0.333. The van der Waals surface area contributed by atoms with Gasteiger partial charge in [-0.15, -0.1) is 10.2 Å². The number of cyclic esters (lactones) is 1. The van der Waals surface area contributed by atoms with Crippen molar-refractivity contribution in [3.63, 3.8) is 0 Å². The summed E-state index contributed by atoms with van der Waals surface area (Å²) < 4.78 is 10.6. The number of nitrogens with zero attached hydrogens (tertiary/aromatic N) is 3. The number of hydrogen-bond acceptors (Lipinski definition) is 7. The number of methoxy groups -OCH3 is 1. The van der Waals surface area contributed by atoms with E-state index >= 15 is 0 Å². The minimum atomic E-state index is -0.620. The lowest BCUT2D eigenvalue weighted by atomic mass is 10.0. The molecule has 2 aromatic carbocycles. The predicted octanol–water partition coefficient (Wildman–Crippen LogP) is 3.57. The van der Waals surface area contributed by atoms with Crippen molar-refractivity contribution < 1.29 is 19.1 Å². The van der Waals surface area contributed by atoms with Crippen molar-refractivity contribution in [3.8, 4) is 16.9 Å². The molecule has 0 radical (unpaired) electrons. The second-order valence-corrected chi connectivity index (χ2v) is 8.44. The smallest absolute Gasteiger partial charge is 0.414 e. The Morgan fingerprint density at radius 2 is 2.06 bits per heavy atom. The van der Waals surface area contributed by atoms with Crippen LogP contribution in [0.2, 0.25) is 0 Å². The Labute approximate surface area is 190 Å². The lowest BCUT2D eigenvalue weighted by Gasteiger charge is -2.19. The molecule has 2 fully saturated rings. The molecule has 1 aromatic heterocycles. The third-order valence-electron chi connectivity index (χ3n) is 6.26. The van der Waals surface area contributed by atoms with Crippen LogP contribution in [0.5, 0.6) is 5.75 Å². The summed E-state index contributed by atoms with van der Waals surface area (Å²) in [6.07, 6.45) is 1.97. The van der Waals surface area contributed by atoms with Gasteiger partial charge in [0.1, 0.15) is 12.4 Å². The average Bonchev–Trinajstić information content (AvgIpc) is 3.59. The van der Waals surface area contributed by atoms with Gasteiger partial charge in [-0.1, -0.05) is 6.07 Å². The van der Waals surface area contributed by atoms with Crippen LogP contribution in [0, 0.1) is 5.92 Å². The van der Waals surface area contributed by atoms with Gasteiger partial charge in [0.05, 0.1) is 24.9 Å². The van der Waals surface area contributed by atoms with Crippen molar-refractivity contribution in [1.29, 1.82) is 0 Å². The highest BCUT2D eigenvalue weighted by molar-refractivity contribution is 6.05. The second kappa shape index (κ2) is 8.23. The molecule has 1 unspecified atom stereocenters. The molecule has 3 aromatic rings. The summed E-state index contributed by atoms with van der Waals surface area (Å²) in [7, 11) is 1.60. The molecule has 0 spiro atoms. The van der Waals surface area contributed by atoms with Gasteiger partial charge in [0.25, 0.3) is 5.91 Å². The number of hydrogen-bond donors (Lipinski definition) is 2. The third kappa shape index (κ3) is 3.90. The first-order valence-corrected chi connectivity index (χ1v) is 11.0. The highest BCUT2D eigenvalue weighted by Gasteiger charge is 2.29. The fourth-order valence-electron chi connectivity index (χ4n) is 4.25. The zero-order valence-corrected chi connectivity index (χ0v) is 18.5. The molecule has 1 aliphatic heterocycles. The summed E-state index contributed by atoms with van der Waals surface area (Å²) in [6, 6.07) is 11.5. The van der Waals surface area contributed by atoms with Crippen LogP contribution in [-0.4, -0.2) is 48.5 Å². The summed E-state index contributed by atoms with van der Waals surface area (Å²) in [6.45, 7) is 2.96. The molecule has 170 valence electrons. The van der Waals surface area contributed by atoms with Crippen LogP contribution < -0.4 is 20.7 Å². The van der Waals surface area contributed by atoms with Crippen molar-refractivity contribution in [2.75, 3.05) is 30.5 Å². The Bertz CT molecular complexity index is 1260. The highest BCUT2D eigenvalue weighted by Crippen LogP contribution is 2.38. The van der Waals surface area contributed by atoms with E-state index in [9.17, 15) is 9.59 Å². The summed E-state index contributed by atoms with van der Waals surface area (Å²) in [4.78, 5) is 25.6. The molecule has 33 heavy (non-hydrogen) atoms. The molecule has 1 saturated heterocycles. The number of rotatable bonds is 7. The molecule has 1 saturated carbocycles. The largest absolute Gasteiger partial charge is 0.496 e. The van der Waals surface area contributed by atoms with Crippen molar-refractivity contribution in [2.24, 2.45) is 11.7 Å². The SMILES string of the molecule is COc1ccc(N2CCOC2=O)cc1-c1ccc2c(NC(C)C3CC3)c(C(N)=O)nnc2c1. The summed E-state index contributed by atoms with van der Waals surface area (Å²) in [5.41, 5.74) is 9.32. The van der Waals surface area contributed by atoms with E-state index in [4.69, 9.17) is 15.2 Å². The van der Waals surface area contributed by atoms with Crippen LogP contribution in [0.25, 0.3) is 22.0 Å². The van der Waals surface area contributed by atoms with E-state index in [2.05, 4.69) is 22.4 Å². The number of aromatic nitrogens is 2. The number of ether oxygens (including phenoxy) is 2. The fourth-order valence-corrected chi connectivity index (χ4v) is 4.25. The molecular formula is C24H25N5O4. The number of benzene rings is 2. The number of fused-ring (bicyclic) bond motifs is 1. The van der Waals surface area contributed by atoms with Gasteiger partial charge in [0.15, 0.2) is 5.69 Å². The molecule has 0 bridgehead atoms. The molecule has 2 aliphatic rings. The van der Waals surface area contributed by atoms with Crippen LogP contribution in [0.15, 0.2) is 36.4 Å². The predicted molar refractivity (Wildman–Crippen MR) is 125 cm³/mol. The molecule has 9 nitrogen and oxygen atoms in total. The lowest BCUT2D eigenvalue weighted by molar-refractivity contribution is 0.0995. The molecular weight excluding hydrogens is 422 g/mol. The van der Waals surface area contributed by atoms with E-state index in [1.54, 1.807) is 12.0 Å². The van der Waals surface area contributed by atoms with Crippen LogP contribution in [0.1, 0.15) is 30.3 Å². The highest BCUT2D eigenvalue weighted by atomic mass is 16.6. The second-order valence-electron chi connectivity index (χ2n) is 8.44. The normalized spacial score (nSPS) is 16.5. The maximum atomic E-state index is 12.0. The van der Waals surface area contributed by atoms with E-state index in [0.29, 0.717) is 36.0 Å². The number of amides is 2.